The van der Waals surface area contributed by atoms with Crippen LogP contribution in [-0.2, 0) is 0 Å². The lowest BCUT2D eigenvalue weighted by Crippen LogP contribution is -1.92. The van der Waals surface area contributed by atoms with Crippen molar-refractivity contribution < 1.29 is 0 Å². The second-order valence-corrected chi connectivity index (χ2v) is 3.51. The van der Waals surface area contributed by atoms with Crippen molar-refractivity contribution in [3.8, 4) is 0 Å². The standard InChI is InChI=1S/C9H12N2S/c1-4-5-12-9-10-6-7(2)8(3)11-9/h4,6H,1,5H2,2-3H3. The zero-order valence-corrected chi connectivity index (χ0v) is 8.19. The highest BCUT2D eigenvalue weighted by molar-refractivity contribution is 7.99. The molecule has 1 aromatic heterocycles. The van der Waals surface area contributed by atoms with E-state index in [0.29, 0.717) is 0 Å². The highest BCUT2D eigenvalue weighted by atomic mass is 32.2. The lowest BCUT2D eigenvalue weighted by atomic mass is 10.3. The Balaban J connectivity index is 2.75. The average molecular weight is 180 g/mol. The van der Waals surface area contributed by atoms with E-state index in [1.54, 1.807) is 11.8 Å². The van der Waals surface area contributed by atoms with E-state index in [1.165, 1.54) is 0 Å². The monoisotopic (exact) mass is 180 g/mol. The molecule has 0 spiro atoms. The van der Waals surface area contributed by atoms with Gasteiger partial charge >= 0.3 is 0 Å². The van der Waals surface area contributed by atoms with Crippen LogP contribution in [0.4, 0.5) is 0 Å². The first-order valence-electron chi connectivity index (χ1n) is 3.78. The Morgan fingerprint density at radius 1 is 1.58 bits per heavy atom. The molecule has 1 rings (SSSR count). The minimum absolute atomic E-state index is 0.831. The molecule has 0 radical (unpaired) electrons. The van der Waals surface area contributed by atoms with Gasteiger partial charge in [0.25, 0.3) is 0 Å². The zero-order chi connectivity index (χ0) is 8.97. The second-order valence-electron chi connectivity index (χ2n) is 2.52. The van der Waals surface area contributed by atoms with Crippen LogP contribution in [0.2, 0.25) is 0 Å². The van der Waals surface area contributed by atoms with Crippen LogP contribution in [0.3, 0.4) is 0 Å². The van der Waals surface area contributed by atoms with Crippen LogP contribution in [0.5, 0.6) is 0 Å². The predicted molar refractivity (Wildman–Crippen MR) is 52.4 cm³/mol. The van der Waals surface area contributed by atoms with Gasteiger partial charge in [-0.3, -0.25) is 0 Å². The van der Waals surface area contributed by atoms with E-state index >= 15 is 0 Å². The molecular weight excluding hydrogens is 168 g/mol. The summed E-state index contributed by atoms with van der Waals surface area (Å²) in [6, 6.07) is 0. The van der Waals surface area contributed by atoms with Gasteiger partial charge in [-0.2, -0.15) is 0 Å². The first-order chi connectivity index (χ1) is 5.74. The first kappa shape index (κ1) is 9.26. The maximum Gasteiger partial charge on any atom is 0.188 e. The van der Waals surface area contributed by atoms with Gasteiger partial charge in [0.2, 0.25) is 0 Å². The van der Waals surface area contributed by atoms with Crippen molar-refractivity contribution in [3.63, 3.8) is 0 Å². The second kappa shape index (κ2) is 4.26. The summed E-state index contributed by atoms with van der Waals surface area (Å²) in [7, 11) is 0. The molecule has 0 unspecified atom stereocenters. The van der Waals surface area contributed by atoms with Crippen LogP contribution < -0.4 is 0 Å². The summed E-state index contributed by atoms with van der Waals surface area (Å²) in [4.78, 5) is 8.50. The van der Waals surface area contributed by atoms with Crippen molar-refractivity contribution in [3.05, 3.63) is 30.1 Å². The summed E-state index contributed by atoms with van der Waals surface area (Å²) in [6.45, 7) is 7.65. The Labute approximate surface area is 77.1 Å². The Hall–Kier alpha value is -0.830. The van der Waals surface area contributed by atoms with E-state index in [2.05, 4.69) is 16.5 Å². The van der Waals surface area contributed by atoms with Crippen LogP contribution in [0, 0.1) is 13.8 Å². The van der Waals surface area contributed by atoms with E-state index in [9.17, 15) is 0 Å². The maximum atomic E-state index is 4.31. The number of aromatic nitrogens is 2. The quantitative estimate of drug-likeness (QED) is 0.406. The summed E-state index contributed by atoms with van der Waals surface area (Å²) in [6.07, 6.45) is 3.71. The fourth-order valence-corrected chi connectivity index (χ4v) is 1.30. The third kappa shape index (κ3) is 2.34. The molecule has 64 valence electrons. The molecule has 0 N–H and O–H groups in total. The fourth-order valence-electron chi connectivity index (χ4n) is 0.709. The molecule has 0 aliphatic carbocycles. The molecule has 12 heavy (non-hydrogen) atoms. The molecule has 2 nitrogen and oxygen atoms in total. The van der Waals surface area contributed by atoms with E-state index in [4.69, 9.17) is 0 Å². The van der Waals surface area contributed by atoms with E-state index < -0.39 is 0 Å². The third-order valence-corrected chi connectivity index (χ3v) is 2.39. The molecule has 0 aliphatic rings. The Morgan fingerprint density at radius 2 is 2.33 bits per heavy atom. The van der Waals surface area contributed by atoms with E-state index in [0.717, 1.165) is 22.2 Å². The van der Waals surface area contributed by atoms with Gasteiger partial charge < -0.3 is 0 Å². The predicted octanol–water partition coefficient (Wildman–Crippen LogP) is 2.37. The number of thioether (sulfide) groups is 1. The molecule has 0 bridgehead atoms. The van der Waals surface area contributed by atoms with Crippen LogP contribution in [-0.4, -0.2) is 15.7 Å². The maximum absolute atomic E-state index is 4.31. The fraction of sp³-hybridized carbons (Fsp3) is 0.333. The number of hydrogen-bond acceptors (Lipinski definition) is 3. The van der Waals surface area contributed by atoms with Gasteiger partial charge in [-0.05, 0) is 19.4 Å². The van der Waals surface area contributed by atoms with Crippen molar-refractivity contribution in [1.29, 1.82) is 0 Å². The highest BCUT2D eigenvalue weighted by Gasteiger charge is 1.98. The molecule has 0 aromatic carbocycles. The number of nitrogens with zero attached hydrogens (tertiary/aromatic N) is 2. The van der Waals surface area contributed by atoms with Crippen molar-refractivity contribution in [1.82, 2.24) is 9.97 Å². The highest BCUT2D eigenvalue weighted by Crippen LogP contribution is 2.13. The van der Waals surface area contributed by atoms with Gasteiger partial charge in [0.05, 0.1) is 0 Å². The smallest absolute Gasteiger partial charge is 0.188 e. The van der Waals surface area contributed by atoms with Gasteiger partial charge in [-0.1, -0.05) is 17.8 Å². The summed E-state index contributed by atoms with van der Waals surface area (Å²) < 4.78 is 0. The molecule has 3 heteroatoms. The molecule has 1 heterocycles. The van der Waals surface area contributed by atoms with Gasteiger partial charge in [0.1, 0.15) is 0 Å². The van der Waals surface area contributed by atoms with Crippen molar-refractivity contribution >= 4 is 11.8 Å². The van der Waals surface area contributed by atoms with Gasteiger partial charge in [0.15, 0.2) is 5.16 Å². The van der Waals surface area contributed by atoms with Crippen LogP contribution in [0.15, 0.2) is 24.0 Å². The summed E-state index contributed by atoms with van der Waals surface area (Å²) in [5, 5.41) is 0.831. The van der Waals surface area contributed by atoms with Gasteiger partial charge in [-0.15, -0.1) is 6.58 Å². The molecule has 0 fully saturated rings. The zero-order valence-electron chi connectivity index (χ0n) is 7.37. The topological polar surface area (TPSA) is 25.8 Å². The largest absolute Gasteiger partial charge is 0.231 e. The minimum atomic E-state index is 0.831. The first-order valence-corrected chi connectivity index (χ1v) is 4.76. The third-order valence-electron chi connectivity index (χ3n) is 1.53. The van der Waals surface area contributed by atoms with Gasteiger partial charge in [0, 0.05) is 17.6 Å². The Bertz CT molecular complexity index is 284. The van der Waals surface area contributed by atoms with Crippen molar-refractivity contribution in [2.45, 2.75) is 19.0 Å². The van der Waals surface area contributed by atoms with E-state index in [1.807, 2.05) is 26.1 Å². The SMILES string of the molecule is C=CCSc1ncc(C)c(C)n1. The molecule has 0 amide bonds. The number of rotatable bonds is 3. The molecule has 0 saturated heterocycles. The average Bonchev–Trinajstić information content (AvgIpc) is 2.07. The normalized spacial score (nSPS) is 9.83. The number of hydrogen-bond donors (Lipinski definition) is 0. The summed E-state index contributed by atoms with van der Waals surface area (Å²) in [5.74, 6) is 0.864. The molecule has 0 aliphatic heterocycles. The molecule has 1 aromatic rings. The molecule has 0 saturated carbocycles. The lowest BCUT2D eigenvalue weighted by molar-refractivity contribution is 0.914. The van der Waals surface area contributed by atoms with Crippen LogP contribution in [0.25, 0.3) is 0 Å². The van der Waals surface area contributed by atoms with Crippen molar-refractivity contribution in [2.24, 2.45) is 0 Å². The summed E-state index contributed by atoms with van der Waals surface area (Å²) in [5.41, 5.74) is 2.19. The molecule has 0 atom stereocenters. The Morgan fingerprint density at radius 3 is 2.92 bits per heavy atom. The Kier molecular flexibility index (Phi) is 3.29. The lowest BCUT2D eigenvalue weighted by Gasteiger charge is -2.00. The number of aryl methyl sites for hydroxylation is 2. The molecular formula is C9H12N2S. The van der Waals surface area contributed by atoms with Crippen molar-refractivity contribution in [2.75, 3.05) is 5.75 Å². The minimum Gasteiger partial charge on any atom is -0.231 e. The van der Waals surface area contributed by atoms with E-state index in [-0.39, 0.29) is 0 Å². The summed E-state index contributed by atoms with van der Waals surface area (Å²) >= 11 is 1.60. The van der Waals surface area contributed by atoms with Crippen LogP contribution in [0.1, 0.15) is 11.3 Å². The van der Waals surface area contributed by atoms with Gasteiger partial charge in [-0.25, -0.2) is 9.97 Å². The van der Waals surface area contributed by atoms with Crippen LogP contribution >= 0.6 is 11.8 Å².